The number of pyridine rings is 1. The lowest BCUT2D eigenvalue weighted by atomic mass is 10.3. The van der Waals surface area contributed by atoms with Gasteiger partial charge in [0, 0.05) is 44.7 Å². The molecule has 1 amide bonds. The smallest absolute Gasteiger partial charge is 0.280 e. The van der Waals surface area contributed by atoms with Crippen LogP contribution in [-0.2, 0) is 7.05 Å². The SMILES string of the molecule is CNc1cc(Nc2cccn(-c3ccn(C)n3)c2=O)nc2c(C(=O)NC3CC3)cnn12. The number of rotatable bonds is 6. The fourth-order valence-corrected chi connectivity index (χ4v) is 3.29. The molecule has 1 fully saturated rings. The average Bonchev–Trinajstić information content (AvgIpc) is 3.29. The minimum atomic E-state index is -0.269. The number of anilines is 3. The highest BCUT2D eigenvalue weighted by Crippen LogP contribution is 2.23. The van der Waals surface area contributed by atoms with E-state index in [4.69, 9.17) is 0 Å². The Bertz CT molecular complexity index is 1350. The monoisotopic (exact) mass is 419 g/mol. The highest BCUT2D eigenvalue weighted by Gasteiger charge is 2.26. The highest BCUT2D eigenvalue weighted by atomic mass is 16.2. The zero-order valence-corrected chi connectivity index (χ0v) is 17.0. The lowest BCUT2D eigenvalue weighted by Gasteiger charge is -2.11. The molecule has 4 aromatic rings. The predicted molar refractivity (Wildman–Crippen MR) is 115 cm³/mol. The summed E-state index contributed by atoms with van der Waals surface area (Å²) in [6.07, 6.45) is 6.90. The van der Waals surface area contributed by atoms with Gasteiger partial charge in [0.15, 0.2) is 11.5 Å². The van der Waals surface area contributed by atoms with Gasteiger partial charge in [-0.2, -0.15) is 14.7 Å². The van der Waals surface area contributed by atoms with Gasteiger partial charge in [-0.3, -0.25) is 18.8 Å². The van der Waals surface area contributed by atoms with Crippen LogP contribution in [0.15, 0.2) is 47.7 Å². The third-order valence-corrected chi connectivity index (χ3v) is 5.04. The number of nitrogens with one attached hydrogen (secondary N) is 3. The van der Waals surface area contributed by atoms with Crippen molar-refractivity contribution in [1.29, 1.82) is 0 Å². The van der Waals surface area contributed by atoms with Gasteiger partial charge in [0.2, 0.25) is 0 Å². The summed E-state index contributed by atoms with van der Waals surface area (Å²) >= 11 is 0. The van der Waals surface area contributed by atoms with Crippen LogP contribution in [0.4, 0.5) is 17.3 Å². The van der Waals surface area contributed by atoms with Gasteiger partial charge in [-0.15, -0.1) is 0 Å². The second-order valence-electron chi connectivity index (χ2n) is 7.39. The van der Waals surface area contributed by atoms with E-state index in [0.29, 0.717) is 34.4 Å². The summed E-state index contributed by atoms with van der Waals surface area (Å²) in [6, 6.07) is 7.13. The van der Waals surface area contributed by atoms with Crippen molar-refractivity contribution in [3.8, 4) is 5.82 Å². The van der Waals surface area contributed by atoms with E-state index in [0.717, 1.165) is 12.8 Å². The molecule has 11 heteroatoms. The maximum absolute atomic E-state index is 13.0. The van der Waals surface area contributed by atoms with Crippen molar-refractivity contribution in [2.24, 2.45) is 7.05 Å². The lowest BCUT2D eigenvalue weighted by Crippen LogP contribution is -2.25. The van der Waals surface area contributed by atoms with Crippen LogP contribution in [0.5, 0.6) is 0 Å². The summed E-state index contributed by atoms with van der Waals surface area (Å²) < 4.78 is 4.64. The molecule has 0 spiro atoms. The first-order chi connectivity index (χ1) is 15.0. The number of amides is 1. The molecule has 3 N–H and O–H groups in total. The molecule has 11 nitrogen and oxygen atoms in total. The van der Waals surface area contributed by atoms with Crippen LogP contribution in [0, 0.1) is 0 Å². The van der Waals surface area contributed by atoms with Crippen LogP contribution < -0.4 is 21.5 Å². The first kappa shape index (κ1) is 18.9. The quantitative estimate of drug-likeness (QED) is 0.430. The Morgan fingerprint density at radius 2 is 2.06 bits per heavy atom. The van der Waals surface area contributed by atoms with Gasteiger partial charge in [0.25, 0.3) is 11.5 Å². The third kappa shape index (κ3) is 3.50. The Balaban J connectivity index is 1.53. The van der Waals surface area contributed by atoms with Crippen molar-refractivity contribution in [1.82, 2.24) is 34.3 Å². The molecule has 31 heavy (non-hydrogen) atoms. The number of fused-ring (bicyclic) bond motifs is 1. The van der Waals surface area contributed by atoms with Gasteiger partial charge in [-0.1, -0.05) is 0 Å². The van der Waals surface area contributed by atoms with E-state index in [2.05, 4.69) is 31.1 Å². The van der Waals surface area contributed by atoms with Gasteiger partial charge in [-0.05, 0) is 25.0 Å². The van der Waals surface area contributed by atoms with E-state index in [1.54, 1.807) is 60.0 Å². The lowest BCUT2D eigenvalue weighted by molar-refractivity contribution is 0.0952. The largest absolute Gasteiger partial charge is 0.373 e. The van der Waals surface area contributed by atoms with Gasteiger partial charge in [0.05, 0.1) is 6.20 Å². The van der Waals surface area contributed by atoms with Crippen molar-refractivity contribution in [2.45, 2.75) is 18.9 Å². The molecule has 0 aliphatic heterocycles. The van der Waals surface area contributed by atoms with Gasteiger partial charge >= 0.3 is 0 Å². The Labute approximate surface area is 176 Å². The standard InChI is InChI=1S/C20H21N9O2/c1-21-17-10-15(25-18-13(11-22-29(17)18)19(30)23-12-5-6-12)24-14-4-3-8-28(20(14)31)16-7-9-27(2)26-16/h3-4,7-12,21H,5-6H2,1-2H3,(H,23,30)(H,24,25). The molecule has 0 atom stereocenters. The van der Waals surface area contributed by atoms with Gasteiger partial charge in [0.1, 0.15) is 22.9 Å². The molecule has 0 aromatic carbocycles. The molecule has 158 valence electrons. The molecular formula is C20H21N9O2. The highest BCUT2D eigenvalue weighted by molar-refractivity contribution is 6.00. The second kappa shape index (κ2) is 7.27. The molecule has 4 heterocycles. The summed E-state index contributed by atoms with van der Waals surface area (Å²) in [4.78, 5) is 30.1. The molecule has 1 aliphatic carbocycles. The van der Waals surface area contributed by atoms with Crippen LogP contribution in [-0.4, -0.2) is 47.9 Å². The molecular weight excluding hydrogens is 398 g/mol. The molecule has 4 aromatic heterocycles. The Morgan fingerprint density at radius 1 is 1.23 bits per heavy atom. The molecule has 0 radical (unpaired) electrons. The van der Waals surface area contributed by atoms with E-state index < -0.39 is 0 Å². The summed E-state index contributed by atoms with van der Waals surface area (Å²) in [5.74, 6) is 1.35. The summed E-state index contributed by atoms with van der Waals surface area (Å²) in [6.45, 7) is 0. The predicted octanol–water partition coefficient (Wildman–Crippen LogP) is 1.29. The van der Waals surface area contributed by atoms with Crippen molar-refractivity contribution >= 4 is 28.9 Å². The van der Waals surface area contributed by atoms with Gasteiger partial charge in [-0.25, -0.2) is 4.98 Å². The van der Waals surface area contributed by atoms with Gasteiger partial charge < -0.3 is 16.0 Å². The zero-order valence-electron chi connectivity index (χ0n) is 17.0. The molecule has 0 saturated heterocycles. The van der Waals surface area contributed by atoms with Crippen molar-refractivity contribution in [3.05, 3.63) is 58.8 Å². The number of aromatic nitrogens is 6. The van der Waals surface area contributed by atoms with E-state index in [-0.39, 0.29) is 17.5 Å². The number of carbonyl (C=O) groups is 1. The Morgan fingerprint density at radius 3 is 2.77 bits per heavy atom. The number of carbonyl (C=O) groups excluding carboxylic acids is 1. The third-order valence-electron chi connectivity index (χ3n) is 5.04. The number of nitrogens with zero attached hydrogens (tertiary/aromatic N) is 6. The normalized spacial score (nSPS) is 13.4. The minimum Gasteiger partial charge on any atom is -0.373 e. The second-order valence-corrected chi connectivity index (χ2v) is 7.39. The van der Waals surface area contributed by atoms with Crippen molar-refractivity contribution in [3.63, 3.8) is 0 Å². The molecule has 0 bridgehead atoms. The Hall–Kier alpha value is -4.15. The van der Waals surface area contributed by atoms with E-state index >= 15 is 0 Å². The van der Waals surface area contributed by atoms with Crippen molar-refractivity contribution < 1.29 is 4.79 Å². The van der Waals surface area contributed by atoms with Crippen LogP contribution in [0.3, 0.4) is 0 Å². The van der Waals surface area contributed by atoms with E-state index in [1.165, 1.54) is 10.8 Å². The minimum absolute atomic E-state index is 0.207. The Kier molecular flexibility index (Phi) is 4.42. The van der Waals surface area contributed by atoms with E-state index in [9.17, 15) is 9.59 Å². The van der Waals surface area contributed by atoms with Crippen LogP contribution in [0.2, 0.25) is 0 Å². The number of hydrogen-bond acceptors (Lipinski definition) is 7. The van der Waals surface area contributed by atoms with E-state index in [1.807, 2.05) is 0 Å². The molecule has 1 aliphatic rings. The summed E-state index contributed by atoms with van der Waals surface area (Å²) in [5, 5.41) is 17.6. The fourth-order valence-electron chi connectivity index (χ4n) is 3.29. The zero-order chi connectivity index (χ0) is 21.5. The maximum Gasteiger partial charge on any atom is 0.280 e. The molecule has 0 unspecified atom stereocenters. The first-order valence-electron chi connectivity index (χ1n) is 9.89. The van der Waals surface area contributed by atoms with Crippen LogP contribution in [0.25, 0.3) is 11.5 Å². The number of hydrogen-bond donors (Lipinski definition) is 3. The topological polar surface area (TPSA) is 123 Å². The fraction of sp³-hybridized carbons (Fsp3) is 0.250. The number of aryl methyl sites for hydroxylation is 1. The van der Waals surface area contributed by atoms with Crippen LogP contribution >= 0.6 is 0 Å². The molecule has 1 saturated carbocycles. The maximum atomic E-state index is 13.0. The first-order valence-corrected chi connectivity index (χ1v) is 9.89. The summed E-state index contributed by atoms with van der Waals surface area (Å²) in [7, 11) is 3.54. The van der Waals surface area contributed by atoms with Crippen LogP contribution in [0.1, 0.15) is 23.2 Å². The van der Waals surface area contributed by atoms with Crippen molar-refractivity contribution in [2.75, 3.05) is 17.7 Å². The molecule has 5 rings (SSSR count). The average molecular weight is 419 g/mol. The summed E-state index contributed by atoms with van der Waals surface area (Å²) in [5.41, 5.74) is 0.837.